The van der Waals surface area contributed by atoms with Crippen LogP contribution in [0.25, 0.3) is 0 Å². The lowest BCUT2D eigenvalue weighted by Gasteiger charge is -2.26. The lowest BCUT2D eigenvalue weighted by Crippen LogP contribution is -2.50. The molecule has 1 rings (SSSR count). The summed E-state index contributed by atoms with van der Waals surface area (Å²) in [7, 11) is 0. The smallest absolute Gasteiger partial charge is 0.237 e. The summed E-state index contributed by atoms with van der Waals surface area (Å²) in [6.07, 6.45) is 4.46. The topological polar surface area (TPSA) is 41.1 Å². The van der Waals surface area contributed by atoms with Gasteiger partial charge in [-0.15, -0.1) is 0 Å². The quantitative estimate of drug-likeness (QED) is 0.744. The monoisotopic (exact) mass is 212 g/mol. The van der Waals surface area contributed by atoms with Gasteiger partial charge in [-0.2, -0.15) is 0 Å². The molecule has 1 saturated heterocycles. The van der Waals surface area contributed by atoms with E-state index >= 15 is 0 Å². The second kappa shape index (κ2) is 6.11. The summed E-state index contributed by atoms with van der Waals surface area (Å²) >= 11 is 0. The van der Waals surface area contributed by atoms with E-state index in [4.69, 9.17) is 0 Å². The van der Waals surface area contributed by atoms with Crippen LogP contribution in [0.15, 0.2) is 0 Å². The second-order valence-electron chi connectivity index (χ2n) is 4.69. The molecule has 0 saturated carbocycles. The minimum Gasteiger partial charge on any atom is -0.352 e. The highest BCUT2D eigenvalue weighted by Gasteiger charge is 2.22. The van der Waals surface area contributed by atoms with Crippen molar-refractivity contribution in [2.75, 3.05) is 6.54 Å². The van der Waals surface area contributed by atoms with E-state index in [2.05, 4.69) is 31.4 Å². The van der Waals surface area contributed by atoms with Crippen molar-refractivity contribution in [1.29, 1.82) is 0 Å². The highest BCUT2D eigenvalue weighted by molar-refractivity contribution is 5.82. The van der Waals surface area contributed by atoms with E-state index < -0.39 is 0 Å². The van der Waals surface area contributed by atoms with Crippen molar-refractivity contribution in [3.63, 3.8) is 0 Å². The molecule has 2 N–H and O–H groups in total. The molecule has 15 heavy (non-hydrogen) atoms. The predicted octanol–water partition coefficient (Wildman–Crippen LogP) is 1.68. The molecule has 1 aliphatic rings. The summed E-state index contributed by atoms with van der Waals surface area (Å²) in [5.41, 5.74) is 0. The number of rotatable bonds is 4. The molecule has 0 aliphatic carbocycles. The lowest BCUT2D eigenvalue weighted by atomic mass is 9.99. The van der Waals surface area contributed by atoms with E-state index in [0.717, 1.165) is 19.4 Å². The van der Waals surface area contributed by atoms with Gasteiger partial charge in [-0.25, -0.2) is 0 Å². The van der Waals surface area contributed by atoms with Crippen LogP contribution in [-0.2, 0) is 4.79 Å². The van der Waals surface area contributed by atoms with Crippen molar-refractivity contribution < 1.29 is 4.79 Å². The van der Waals surface area contributed by atoms with E-state index in [1.807, 2.05) is 0 Å². The van der Waals surface area contributed by atoms with E-state index in [1.54, 1.807) is 0 Å². The van der Waals surface area contributed by atoms with Crippen molar-refractivity contribution in [3.8, 4) is 0 Å². The molecule has 0 bridgehead atoms. The summed E-state index contributed by atoms with van der Waals surface area (Å²) in [6.45, 7) is 7.41. The Morgan fingerprint density at radius 1 is 1.47 bits per heavy atom. The molecule has 0 aromatic carbocycles. The van der Waals surface area contributed by atoms with Crippen LogP contribution in [0.5, 0.6) is 0 Å². The SMILES string of the molecule is CCC(C)C(C)NC(=O)[C@H]1CCCCN1. The standard InChI is InChI=1S/C12H24N2O/c1-4-9(2)10(3)14-12(15)11-7-5-6-8-13-11/h9-11,13H,4-8H2,1-3H3,(H,14,15)/t9?,10?,11-/m1/s1. The zero-order valence-electron chi connectivity index (χ0n) is 10.2. The molecular weight excluding hydrogens is 188 g/mol. The molecule has 1 aliphatic heterocycles. The summed E-state index contributed by atoms with van der Waals surface area (Å²) in [5.74, 6) is 0.736. The molecule has 0 aromatic heterocycles. The number of carbonyl (C=O) groups is 1. The summed E-state index contributed by atoms with van der Waals surface area (Å²) < 4.78 is 0. The van der Waals surface area contributed by atoms with Gasteiger partial charge in [0.1, 0.15) is 0 Å². The maximum absolute atomic E-state index is 11.9. The van der Waals surface area contributed by atoms with Crippen LogP contribution in [0.3, 0.4) is 0 Å². The number of piperidine rings is 1. The van der Waals surface area contributed by atoms with E-state index in [9.17, 15) is 4.79 Å². The van der Waals surface area contributed by atoms with E-state index in [1.165, 1.54) is 12.8 Å². The normalized spacial score (nSPS) is 25.7. The van der Waals surface area contributed by atoms with Crippen LogP contribution in [0.4, 0.5) is 0 Å². The molecule has 88 valence electrons. The van der Waals surface area contributed by atoms with Crippen molar-refractivity contribution in [2.45, 2.75) is 58.5 Å². The fourth-order valence-corrected chi connectivity index (χ4v) is 1.90. The molecule has 0 aromatic rings. The molecule has 3 nitrogen and oxygen atoms in total. The molecule has 1 heterocycles. The molecule has 0 radical (unpaired) electrons. The number of amides is 1. The summed E-state index contributed by atoms with van der Waals surface area (Å²) in [4.78, 5) is 11.9. The largest absolute Gasteiger partial charge is 0.352 e. The first-order valence-electron chi connectivity index (χ1n) is 6.19. The molecule has 2 unspecified atom stereocenters. The Morgan fingerprint density at radius 3 is 2.73 bits per heavy atom. The average molecular weight is 212 g/mol. The highest BCUT2D eigenvalue weighted by Crippen LogP contribution is 2.10. The van der Waals surface area contributed by atoms with Gasteiger partial charge in [-0.05, 0) is 32.2 Å². The van der Waals surface area contributed by atoms with Crippen molar-refractivity contribution in [1.82, 2.24) is 10.6 Å². The van der Waals surface area contributed by atoms with Gasteiger partial charge in [-0.3, -0.25) is 4.79 Å². The predicted molar refractivity (Wildman–Crippen MR) is 62.7 cm³/mol. The summed E-state index contributed by atoms with van der Waals surface area (Å²) in [6, 6.07) is 0.330. The van der Waals surface area contributed by atoms with Gasteiger partial charge in [0.25, 0.3) is 0 Å². The van der Waals surface area contributed by atoms with Gasteiger partial charge in [0.15, 0.2) is 0 Å². The molecular formula is C12H24N2O. The number of carbonyl (C=O) groups excluding carboxylic acids is 1. The lowest BCUT2D eigenvalue weighted by molar-refractivity contribution is -0.124. The second-order valence-corrected chi connectivity index (χ2v) is 4.69. The number of hydrogen-bond donors (Lipinski definition) is 2. The zero-order valence-corrected chi connectivity index (χ0v) is 10.2. The Morgan fingerprint density at radius 2 is 2.20 bits per heavy atom. The molecule has 1 amide bonds. The van der Waals surface area contributed by atoms with Crippen molar-refractivity contribution >= 4 is 5.91 Å². The Hall–Kier alpha value is -0.570. The molecule has 0 spiro atoms. The molecule has 3 atom stereocenters. The van der Waals surface area contributed by atoms with Gasteiger partial charge in [0.05, 0.1) is 6.04 Å². The Labute approximate surface area is 93.0 Å². The van der Waals surface area contributed by atoms with Crippen molar-refractivity contribution in [2.24, 2.45) is 5.92 Å². The van der Waals surface area contributed by atoms with E-state index in [-0.39, 0.29) is 18.0 Å². The van der Waals surface area contributed by atoms with Gasteiger partial charge in [0, 0.05) is 6.04 Å². The van der Waals surface area contributed by atoms with Crippen LogP contribution in [0.2, 0.25) is 0 Å². The van der Waals surface area contributed by atoms with Gasteiger partial charge in [-0.1, -0.05) is 26.7 Å². The van der Waals surface area contributed by atoms with Crippen molar-refractivity contribution in [3.05, 3.63) is 0 Å². The number of hydrogen-bond acceptors (Lipinski definition) is 2. The zero-order chi connectivity index (χ0) is 11.3. The first-order valence-corrected chi connectivity index (χ1v) is 6.19. The Bertz CT molecular complexity index is 200. The molecule has 1 fully saturated rings. The van der Waals surface area contributed by atoms with Crippen LogP contribution in [0, 0.1) is 5.92 Å². The first-order chi connectivity index (χ1) is 7.15. The third kappa shape index (κ3) is 3.82. The Kier molecular flexibility index (Phi) is 5.09. The maximum atomic E-state index is 11.9. The van der Waals surface area contributed by atoms with Gasteiger partial charge >= 0.3 is 0 Å². The minimum atomic E-state index is 0.0465. The first kappa shape index (κ1) is 12.5. The summed E-state index contributed by atoms with van der Waals surface area (Å²) in [5, 5.41) is 6.37. The fraction of sp³-hybridized carbons (Fsp3) is 0.917. The van der Waals surface area contributed by atoms with Crippen LogP contribution in [-0.4, -0.2) is 24.5 Å². The highest BCUT2D eigenvalue weighted by atomic mass is 16.2. The third-order valence-corrected chi connectivity index (χ3v) is 3.49. The maximum Gasteiger partial charge on any atom is 0.237 e. The molecule has 3 heteroatoms. The van der Waals surface area contributed by atoms with E-state index in [0.29, 0.717) is 5.92 Å². The Balaban J connectivity index is 2.33. The van der Waals surface area contributed by atoms with Crippen LogP contribution < -0.4 is 10.6 Å². The van der Waals surface area contributed by atoms with Gasteiger partial charge < -0.3 is 10.6 Å². The third-order valence-electron chi connectivity index (χ3n) is 3.49. The van der Waals surface area contributed by atoms with Gasteiger partial charge in [0.2, 0.25) is 5.91 Å². The number of nitrogens with one attached hydrogen (secondary N) is 2. The minimum absolute atomic E-state index is 0.0465. The average Bonchev–Trinajstić information content (AvgIpc) is 2.29. The van der Waals surface area contributed by atoms with Crippen LogP contribution in [0.1, 0.15) is 46.5 Å². The van der Waals surface area contributed by atoms with Crippen LogP contribution >= 0.6 is 0 Å². The fourth-order valence-electron chi connectivity index (χ4n) is 1.90.